The van der Waals surface area contributed by atoms with Crippen LogP contribution in [-0.2, 0) is 0 Å². The first-order valence-corrected chi connectivity index (χ1v) is 8.13. The fraction of sp³-hybridized carbons (Fsp3) is 0.176. The van der Waals surface area contributed by atoms with Crippen LogP contribution in [0.1, 0.15) is 19.4 Å². The highest BCUT2D eigenvalue weighted by Crippen LogP contribution is 2.20. The Hall–Kier alpha value is -2.60. The number of hydrogen-bond acceptors (Lipinski definition) is 5. The molecule has 6 heteroatoms. The molecule has 2 heterocycles. The van der Waals surface area contributed by atoms with Crippen molar-refractivity contribution in [3.05, 3.63) is 58.4 Å². The Morgan fingerprint density at radius 2 is 2.00 bits per heavy atom. The molecule has 2 aromatic heterocycles. The highest BCUT2D eigenvalue weighted by Gasteiger charge is 2.09. The zero-order valence-corrected chi connectivity index (χ0v) is 13.7. The first-order valence-electron chi connectivity index (χ1n) is 7.25. The lowest BCUT2D eigenvalue weighted by Gasteiger charge is -2.01. The highest BCUT2D eigenvalue weighted by molar-refractivity contribution is 7.07. The van der Waals surface area contributed by atoms with Crippen LogP contribution in [0.5, 0.6) is 5.75 Å². The maximum absolute atomic E-state index is 9.35. The molecule has 0 aliphatic rings. The van der Waals surface area contributed by atoms with E-state index in [2.05, 4.69) is 10.1 Å². The molecule has 0 fully saturated rings. The maximum Gasteiger partial charge on any atom is 0.206 e. The number of aromatic nitrogens is 1. The molecule has 0 aliphatic heterocycles. The largest absolute Gasteiger partial charge is 0.508 e. The molecule has 0 bridgehead atoms. The third kappa shape index (κ3) is 3.60. The summed E-state index contributed by atoms with van der Waals surface area (Å²) in [6, 6.07) is 10.8. The fourth-order valence-electron chi connectivity index (χ4n) is 2.00. The van der Waals surface area contributed by atoms with Crippen LogP contribution in [0.15, 0.2) is 62.6 Å². The molecule has 0 atom stereocenters. The Labute approximate surface area is 137 Å². The summed E-state index contributed by atoms with van der Waals surface area (Å²) in [6.07, 6.45) is 3.37. The number of nitrogens with zero attached hydrogens (tertiary/aromatic N) is 3. The van der Waals surface area contributed by atoms with Crippen LogP contribution >= 0.6 is 11.3 Å². The van der Waals surface area contributed by atoms with E-state index in [1.165, 1.54) is 11.3 Å². The molecule has 118 valence electrons. The van der Waals surface area contributed by atoms with Crippen molar-refractivity contribution in [2.75, 3.05) is 0 Å². The van der Waals surface area contributed by atoms with E-state index >= 15 is 0 Å². The summed E-state index contributed by atoms with van der Waals surface area (Å²) < 4.78 is 7.26. The average Bonchev–Trinajstić information content (AvgIpc) is 3.16. The smallest absolute Gasteiger partial charge is 0.206 e. The van der Waals surface area contributed by atoms with Gasteiger partial charge in [-0.15, -0.1) is 11.3 Å². The molecule has 0 saturated carbocycles. The van der Waals surface area contributed by atoms with Crippen LogP contribution in [0.3, 0.4) is 0 Å². The van der Waals surface area contributed by atoms with Crippen LogP contribution in [-0.4, -0.2) is 22.0 Å². The van der Waals surface area contributed by atoms with Crippen LogP contribution < -0.4 is 4.80 Å². The second-order valence-corrected chi connectivity index (χ2v) is 6.09. The Morgan fingerprint density at radius 3 is 2.65 bits per heavy atom. The number of hydrogen-bond donors (Lipinski definition) is 1. The third-order valence-electron chi connectivity index (χ3n) is 3.04. The molecule has 0 spiro atoms. The Kier molecular flexibility index (Phi) is 4.43. The number of thiazole rings is 1. The molecule has 0 amide bonds. The summed E-state index contributed by atoms with van der Waals surface area (Å²) in [5.74, 6) is 0.978. The summed E-state index contributed by atoms with van der Waals surface area (Å²) >= 11 is 1.52. The van der Waals surface area contributed by atoms with Crippen molar-refractivity contribution in [1.82, 2.24) is 4.68 Å². The lowest BCUT2D eigenvalue weighted by atomic mass is 10.2. The van der Waals surface area contributed by atoms with Crippen molar-refractivity contribution < 1.29 is 9.52 Å². The molecule has 23 heavy (non-hydrogen) atoms. The van der Waals surface area contributed by atoms with Crippen molar-refractivity contribution >= 4 is 17.6 Å². The molecule has 3 aromatic rings. The van der Waals surface area contributed by atoms with E-state index in [0.29, 0.717) is 0 Å². The van der Waals surface area contributed by atoms with Crippen LogP contribution in [0.2, 0.25) is 0 Å². The minimum Gasteiger partial charge on any atom is -0.508 e. The Balaban J connectivity index is 2.05. The van der Waals surface area contributed by atoms with Gasteiger partial charge >= 0.3 is 0 Å². The van der Waals surface area contributed by atoms with Crippen molar-refractivity contribution in [3.8, 4) is 17.2 Å². The lowest BCUT2D eigenvalue weighted by Crippen LogP contribution is -2.14. The number of phenolic OH excluding ortho intramolecular Hbond substituents is 1. The SMILES string of the molecule is CC(C)N=c1scc(-c2ccco2)n1N=Cc1ccc(O)cc1. The molecule has 0 saturated heterocycles. The van der Waals surface area contributed by atoms with E-state index < -0.39 is 0 Å². The second kappa shape index (κ2) is 6.66. The quantitative estimate of drug-likeness (QED) is 0.743. The van der Waals surface area contributed by atoms with Gasteiger partial charge in [0.1, 0.15) is 11.4 Å². The monoisotopic (exact) mass is 327 g/mol. The van der Waals surface area contributed by atoms with E-state index in [9.17, 15) is 5.11 Å². The van der Waals surface area contributed by atoms with Gasteiger partial charge in [0.05, 0.1) is 12.5 Å². The lowest BCUT2D eigenvalue weighted by molar-refractivity contribution is 0.475. The number of benzene rings is 1. The molecule has 5 nitrogen and oxygen atoms in total. The van der Waals surface area contributed by atoms with Gasteiger partial charge in [0.2, 0.25) is 4.80 Å². The normalized spacial score (nSPS) is 12.6. The van der Waals surface area contributed by atoms with Gasteiger partial charge in [0, 0.05) is 11.4 Å². The van der Waals surface area contributed by atoms with Gasteiger partial charge in [-0.25, -0.2) is 4.68 Å². The van der Waals surface area contributed by atoms with E-state index in [-0.39, 0.29) is 11.8 Å². The molecule has 1 N–H and O–H groups in total. The van der Waals surface area contributed by atoms with Gasteiger partial charge in [-0.2, -0.15) is 5.10 Å². The average molecular weight is 327 g/mol. The molecular weight excluding hydrogens is 310 g/mol. The van der Waals surface area contributed by atoms with Gasteiger partial charge in [-0.1, -0.05) is 0 Å². The Bertz CT molecular complexity index is 856. The maximum atomic E-state index is 9.35. The second-order valence-electron chi connectivity index (χ2n) is 5.25. The first-order chi connectivity index (χ1) is 11.1. The molecule has 3 rings (SSSR count). The number of phenols is 1. The van der Waals surface area contributed by atoms with E-state index in [0.717, 1.165) is 21.8 Å². The number of rotatable bonds is 4. The van der Waals surface area contributed by atoms with Crippen molar-refractivity contribution in [2.24, 2.45) is 10.1 Å². The predicted octanol–water partition coefficient (Wildman–Crippen LogP) is 3.71. The minimum absolute atomic E-state index is 0.174. The van der Waals surface area contributed by atoms with Gasteiger partial charge in [0.15, 0.2) is 5.76 Å². The van der Waals surface area contributed by atoms with Crippen molar-refractivity contribution in [1.29, 1.82) is 0 Å². The molecule has 0 unspecified atom stereocenters. The Morgan fingerprint density at radius 1 is 1.22 bits per heavy atom. The van der Waals surface area contributed by atoms with Gasteiger partial charge in [-0.05, 0) is 55.8 Å². The summed E-state index contributed by atoms with van der Waals surface area (Å²) in [7, 11) is 0. The summed E-state index contributed by atoms with van der Waals surface area (Å²) in [5.41, 5.74) is 1.75. The van der Waals surface area contributed by atoms with E-state index in [4.69, 9.17) is 4.42 Å². The molecule has 0 aliphatic carbocycles. The van der Waals surface area contributed by atoms with Crippen molar-refractivity contribution in [3.63, 3.8) is 0 Å². The molecule has 1 aromatic carbocycles. The minimum atomic E-state index is 0.174. The summed E-state index contributed by atoms with van der Waals surface area (Å²) in [4.78, 5) is 5.41. The summed E-state index contributed by atoms with van der Waals surface area (Å²) in [6.45, 7) is 4.06. The predicted molar refractivity (Wildman–Crippen MR) is 91.8 cm³/mol. The van der Waals surface area contributed by atoms with Crippen LogP contribution in [0.4, 0.5) is 0 Å². The summed E-state index contributed by atoms with van der Waals surface area (Å²) in [5, 5.41) is 15.9. The van der Waals surface area contributed by atoms with Crippen LogP contribution in [0, 0.1) is 0 Å². The van der Waals surface area contributed by atoms with E-state index in [1.807, 2.05) is 31.4 Å². The number of aromatic hydroxyl groups is 1. The van der Waals surface area contributed by atoms with E-state index in [1.54, 1.807) is 41.4 Å². The van der Waals surface area contributed by atoms with Crippen LogP contribution in [0.25, 0.3) is 11.5 Å². The van der Waals surface area contributed by atoms with Gasteiger partial charge in [-0.3, -0.25) is 4.99 Å². The fourth-order valence-corrected chi connectivity index (χ4v) is 2.95. The van der Waals surface area contributed by atoms with Gasteiger partial charge < -0.3 is 9.52 Å². The molecule has 0 radical (unpaired) electrons. The van der Waals surface area contributed by atoms with Crippen molar-refractivity contribution in [2.45, 2.75) is 19.9 Å². The number of furan rings is 1. The molecular formula is C17H17N3O2S. The third-order valence-corrected chi connectivity index (χ3v) is 3.87. The standard InChI is InChI=1S/C17H17N3O2S/c1-12(2)19-17-20(15(11-23-17)16-4-3-9-22-16)18-10-13-5-7-14(21)8-6-13/h3-12,21H,1-2H3. The zero-order valence-electron chi connectivity index (χ0n) is 12.9. The topological polar surface area (TPSA) is 63.0 Å². The van der Waals surface area contributed by atoms with Gasteiger partial charge in [0.25, 0.3) is 0 Å². The first kappa shape index (κ1) is 15.3. The zero-order chi connectivity index (χ0) is 16.2. The highest BCUT2D eigenvalue weighted by atomic mass is 32.1.